The predicted octanol–water partition coefficient (Wildman–Crippen LogP) is 5.81. The van der Waals surface area contributed by atoms with E-state index >= 15 is 0 Å². The van der Waals surface area contributed by atoms with Gasteiger partial charge in [-0.05, 0) is 99.5 Å². The summed E-state index contributed by atoms with van der Waals surface area (Å²) < 4.78 is 0. The van der Waals surface area contributed by atoms with Crippen molar-refractivity contribution in [3.05, 3.63) is 69.8 Å². The highest BCUT2D eigenvalue weighted by molar-refractivity contribution is 8.03. The number of fused-ring (bicyclic) bond motifs is 2. The molecule has 2 aliphatic heterocycles. The van der Waals surface area contributed by atoms with Gasteiger partial charge >= 0.3 is 0 Å². The molecule has 1 fully saturated rings. The molecule has 5 rings (SSSR count). The second-order valence-electron chi connectivity index (χ2n) is 9.22. The van der Waals surface area contributed by atoms with Gasteiger partial charge in [-0.2, -0.15) is 0 Å². The monoisotopic (exact) mass is 505 g/mol. The highest BCUT2D eigenvalue weighted by Gasteiger charge is 2.40. The molecule has 5 nitrogen and oxygen atoms in total. The number of amides is 2. The fourth-order valence-electron chi connectivity index (χ4n) is 5.45. The average molecular weight is 506 g/mol. The minimum Gasteiger partial charge on any atom is -0.335 e. The van der Waals surface area contributed by atoms with Crippen molar-refractivity contribution in [2.24, 2.45) is 5.92 Å². The standard InChI is InChI=1S/C28H31N3O2S2/c1-4-29-22-9-7-8-10-23(22)35-24(29)16-18-11-12-19-13-14-20(17-21(19)15-18)25-26(32)30(5-2)28(34)31(6-3)27(25)33/h7-10,15-17,19H,4-6,11-14H2,1-3H3/b24-16-. The number of nitrogens with zero attached hydrogens (tertiary/aromatic N) is 3. The number of hydrogen-bond donors (Lipinski definition) is 0. The van der Waals surface area contributed by atoms with Gasteiger partial charge < -0.3 is 4.90 Å². The summed E-state index contributed by atoms with van der Waals surface area (Å²) in [5.41, 5.74) is 4.97. The fraction of sp³-hybridized carbons (Fsp3) is 0.393. The zero-order chi connectivity index (χ0) is 24.7. The van der Waals surface area contributed by atoms with Crippen LogP contribution in [0.15, 0.2) is 74.7 Å². The smallest absolute Gasteiger partial charge is 0.265 e. The number of carbonyl (C=O) groups excluding carboxylic acids is 2. The average Bonchev–Trinajstić information content (AvgIpc) is 3.21. The molecule has 182 valence electrons. The van der Waals surface area contributed by atoms with E-state index in [9.17, 15) is 9.59 Å². The first-order valence-electron chi connectivity index (χ1n) is 12.6. The van der Waals surface area contributed by atoms with Crippen LogP contribution in [0.2, 0.25) is 0 Å². The van der Waals surface area contributed by atoms with E-state index < -0.39 is 0 Å². The van der Waals surface area contributed by atoms with Crippen LogP contribution in [0, 0.1) is 5.92 Å². The normalized spacial score (nSPS) is 23.6. The molecule has 2 amide bonds. The molecule has 0 radical (unpaired) electrons. The second-order valence-corrected chi connectivity index (χ2v) is 10.6. The number of thioether (sulfide) groups is 1. The van der Waals surface area contributed by atoms with Crippen molar-refractivity contribution in [2.45, 2.75) is 51.3 Å². The summed E-state index contributed by atoms with van der Waals surface area (Å²) in [7, 11) is 0. The molecule has 2 aliphatic carbocycles. The number of rotatable bonds is 4. The Kier molecular flexibility index (Phi) is 6.73. The van der Waals surface area contributed by atoms with Crippen LogP contribution in [-0.4, -0.2) is 46.4 Å². The number of anilines is 1. The largest absolute Gasteiger partial charge is 0.335 e. The molecule has 2 heterocycles. The minimum absolute atomic E-state index is 0.252. The number of allylic oxidation sites excluding steroid dienone is 6. The van der Waals surface area contributed by atoms with Gasteiger partial charge in [0.15, 0.2) is 5.11 Å². The van der Waals surface area contributed by atoms with Crippen molar-refractivity contribution < 1.29 is 9.59 Å². The number of benzene rings is 1. The maximum absolute atomic E-state index is 13.2. The van der Waals surface area contributed by atoms with Crippen LogP contribution in [0.3, 0.4) is 0 Å². The Hall–Kier alpha value is -2.64. The number of para-hydroxylation sites is 1. The van der Waals surface area contributed by atoms with E-state index in [2.05, 4.69) is 54.3 Å². The van der Waals surface area contributed by atoms with Crippen molar-refractivity contribution in [2.75, 3.05) is 24.5 Å². The fourth-order valence-corrected chi connectivity index (χ4v) is 7.08. The molecule has 0 N–H and O–H groups in total. The molecule has 1 aromatic rings. The lowest BCUT2D eigenvalue weighted by Gasteiger charge is -2.37. The Morgan fingerprint density at radius 3 is 2.29 bits per heavy atom. The summed E-state index contributed by atoms with van der Waals surface area (Å²) in [5, 5.41) is 1.58. The van der Waals surface area contributed by atoms with Gasteiger partial charge in [0.1, 0.15) is 5.57 Å². The highest BCUT2D eigenvalue weighted by atomic mass is 32.2. The molecule has 0 bridgehead atoms. The summed E-state index contributed by atoms with van der Waals surface area (Å²) in [6.07, 6.45) is 10.6. The quantitative estimate of drug-likeness (QED) is 0.294. The zero-order valence-electron chi connectivity index (χ0n) is 20.5. The van der Waals surface area contributed by atoms with Gasteiger partial charge in [0.2, 0.25) is 0 Å². The van der Waals surface area contributed by atoms with Gasteiger partial charge in [0.25, 0.3) is 11.8 Å². The van der Waals surface area contributed by atoms with Gasteiger partial charge in [-0.15, -0.1) is 0 Å². The summed E-state index contributed by atoms with van der Waals surface area (Å²) >= 11 is 7.25. The van der Waals surface area contributed by atoms with Gasteiger partial charge in [-0.3, -0.25) is 19.4 Å². The Morgan fingerprint density at radius 2 is 1.60 bits per heavy atom. The minimum atomic E-state index is -0.252. The van der Waals surface area contributed by atoms with Crippen LogP contribution in [0.1, 0.15) is 46.5 Å². The third-order valence-electron chi connectivity index (χ3n) is 7.30. The first-order valence-corrected chi connectivity index (χ1v) is 13.8. The number of thiocarbonyl (C=S) groups is 1. The van der Waals surface area contributed by atoms with Crippen molar-refractivity contribution >= 4 is 46.6 Å². The van der Waals surface area contributed by atoms with E-state index in [0.717, 1.165) is 37.8 Å². The molecule has 1 saturated heterocycles. The molecule has 1 unspecified atom stereocenters. The summed E-state index contributed by atoms with van der Waals surface area (Å²) in [4.78, 5) is 33.2. The first-order chi connectivity index (χ1) is 17.0. The Morgan fingerprint density at radius 1 is 0.943 bits per heavy atom. The Bertz CT molecular complexity index is 1200. The van der Waals surface area contributed by atoms with Crippen molar-refractivity contribution in [3.63, 3.8) is 0 Å². The third kappa shape index (κ3) is 4.19. The van der Waals surface area contributed by atoms with Crippen LogP contribution in [0.25, 0.3) is 0 Å². The molecule has 0 aromatic heterocycles. The predicted molar refractivity (Wildman–Crippen MR) is 146 cm³/mol. The molecular weight excluding hydrogens is 474 g/mol. The van der Waals surface area contributed by atoms with Crippen molar-refractivity contribution in [1.82, 2.24) is 9.80 Å². The topological polar surface area (TPSA) is 43.9 Å². The van der Waals surface area contributed by atoms with Gasteiger partial charge in [-0.25, -0.2) is 0 Å². The second kappa shape index (κ2) is 9.78. The molecule has 1 atom stereocenters. The van der Waals surface area contributed by atoms with Crippen molar-refractivity contribution in [1.29, 1.82) is 0 Å². The lowest BCUT2D eigenvalue weighted by Crippen LogP contribution is -2.56. The Balaban J connectivity index is 1.50. The summed E-state index contributed by atoms with van der Waals surface area (Å²) in [6.45, 7) is 7.83. The highest BCUT2D eigenvalue weighted by Crippen LogP contribution is 2.47. The number of carbonyl (C=O) groups is 2. The summed E-state index contributed by atoms with van der Waals surface area (Å²) in [6, 6.07) is 8.55. The molecule has 7 heteroatoms. The molecule has 0 saturated carbocycles. The van der Waals surface area contributed by atoms with Crippen LogP contribution in [-0.2, 0) is 9.59 Å². The number of likely N-dealkylation sites (N-methyl/N-ethyl adjacent to an activating group) is 2. The molecule has 35 heavy (non-hydrogen) atoms. The lowest BCUT2D eigenvalue weighted by molar-refractivity contribution is -0.133. The van der Waals surface area contributed by atoms with Crippen LogP contribution < -0.4 is 4.90 Å². The van der Waals surface area contributed by atoms with Crippen LogP contribution in [0.5, 0.6) is 0 Å². The van der Waals surface area contributed by atoms with Gasteiger partial charge in [0, 0.05) is 24.5 Å². The lowest BCUT2D eigenvalue weighted by atomic mass is 9.76. The number of hydrogen-bond acceptors (Lipinski definition) is 5. The van der Waals surface area contributed by atoms with Crippen LogP contribution >= 0.6 is 24.0 Å². The first kappa shape index (κ1) is 24.1. The van der Waals surface area contributed by atoms with Gasteiger partial charge in [0.05, 0.1) is 10.7 Å². The molecule has 4 aliphatic rings. The van der Waals surface area contributed by atoms with E-state index in [4.69, 9.17) is 12.2 Å². The van der Waals surface area contributed by atoms with Crippen LogP contribution in [0.4, 0.5) is 5.69 Å². The third-order valence-corrected chi connectivity index (χ3v) is 8.86. The van der Waals surface area contributed by atoms with E-state index in [0.29, 0.717) is 29.7 Å². The molecule has 1 aromatic carbocycles. The summed E-state index contributed by atoms with van der Waals surface area (Å²) in [5.74, 6) is -0.0201. The van der Waals surface area contributed by atoms with Crippen molar-refractivity contribution in [3.8, 4) is 0 Å². The molecule has 0 spiro atoms. The maximum Gasteiger partial charge on any atom is 0.265 e. The zero-order valence-corrected chi connectivity index (χ0v) is 22.2. The van der Waals surface area contributed by atoms with E-state index in [1.165, 1.54) is 26.8 Å². The van der Waals surface area contributed by atoms with E-state index in [1.807, 2.05) is 25.6 Å². The Labute approximate surface area is 217 Å². The van der Waals surface area contributed by atoms with E-state index in [-0.39, 0.29) is 11.8 Å². The SMILES string of the molecule is CCN1C(=O)C(=C2C=C3C=C(/C=C4\Sc5ccccc5N4CC)CCC3CC2)C(=O)N(CC)C1=S. The molecular formula is C28H31N3O2S2. The van der Waals surface area contributed by atoms with E-state index in [1.54, 1.807) is 9.80 Å². The maximum atomic E-state index is 13.2. The van der Waals surface area contributed by atoms with Gasteiger partial charge in [-0.1, -0.05) is 36.0 Å².